The molecule has 1 fully saturated rings. The number of rotatable bonds is 6. The van der Waals surface area contributed by atoms with Gasteiger partial charge in [0.1, 0.15) is 11.5 Å². The van der Waals surface area contributed by atoms with Crippen molar-refractivity contribution in [3.63, 3.8) is 0 Å². The van der Waals surface area contributed by atoms with Crippen LogP contribution in [0.5, 0.6) is 0 Å². The lowest BCUT2D eigenvalue weighted by molar-refractivity contribution is -0.110. The van der Waals surface area contributed by atoms with E-state index in [1.54, 1.807) is 0 Å². The minimum atomic E-state index is -0.126. The number of para-hydroxylation sites is 1. The van der Waals surface area contributed by atoms with E-state index in [0.717, 1.165) is 42.0 Å². The zero-order valence-electron chi connectivity index (χ0n) is 18.7. The van der Waals surface area contributed by atoms with Gasteiger partial charge in [0.25, 0.3) is 11.8 Å². The number of amides is 2. The molecule has 0 aliphatic carbocycles. The van der Waals surface area contributed by atoms with Gasteiger partial charge in [-0.1, -0.05) is 30.3 Å². The number of benzene rings is 2. The predicted molar refractivity (Wildman–Crippen MR) is 130 cm³/mol. The molecule has 2 aromatic carbocycles. The Balaban J connectivity index is 1.33. The number of nitrogens with zero attached hydrogens (tertiary/aromatic N) is 1. The van der Waals surface area contributed by atoms with E-state index in [0.29, 0.717) is 29.2 Å². The fraction of sp³-hybridized carbons (Fsp3) is 0.259. The Bertz CT molecular complexity index is 1230. The smallest absolute Gasteiger partial charge is 0.256 e. The van der Waals surface area contributed by atoms with Crippen LogP contribution in [0.2, 0.25) is 0 Å². The average molecular weight is 442 g/mol. The van der Waals surface area contributed by atoms with Crippen LogP contribution < -0.4 is 10.6 Å². The molecular weight excluding hydrogens is 414 g/mol. The fourth-order valence-corrected chi connectivity index (χ4v) is 4.56. The zero-order valence-corrected chi connectivity index (χ0v) is 18.7. The molecule has 2 N–H and O–H groups in total. The highest BCUT2D eigenvalue weighted by Gasteiger charge is 2.27. The van der Waals surface area contributed by atoms with Crippen LogP contribution in [0.3, 0.4) is 0 Å². The Labute approximate surface area is 193 Å². The van der Waals surface area contributed by atoms with Crippen molar-refractivity contribution in [3.05, 3.63) is 77.6 Å². The lowest BCUT2D eigenvalue weighted by atomic mass is 10.0. The van der Waals surface area contributed by atoms with Crippen molar-refractivity contribution in [3.8, 4) is 11.3 Å². The number of carbonyl (C=O) groups excluding carboxylic acids is 2. The first kappa shape index (κ1) is 21.2. The summed E-state index contributed by atoms with van der Waals surface area (Å²) >= 11 is 0. The normalized spacial score (nSPS) is 17.1. The minimum Gasteiger partial charge on any atom is -0.456 e. The molecule has 1 saturated heterocycles. The molecular formula is C27H27N3O3. The second-order valence-corrected chi connectivity index (χ2v) is 8.55. The van der Waals surface area contributed by atoms with Crippen molar-refractivity contribution in [1.82, 2.24) is 10.2 Å². The molecule has 6 heteroatoms. The van der Waals surface area contributed by atoms with Crippen molar-refractivity contribution in [1.29, 1.82) is 0 Å². The number of carbonyl (C=O) groups is 2. The molecule has 0 spiro atoms. The molecule has 0 bridgehead atoms. The van der Waals surface area contributed by atoms with Crippen molar-refractivity contribution < 1.29 is 14.0 Å². The number of nitrogens with one attached hydrogen (secondary N) is 2. The third-order valence-electron chi connectivity index (χ3n) is 6.34. The summed E-state index contributed by atoms with van der Waals surface area (Å²) in [7, 11) is 0. The van der Waals surface area contributed by atoms with Gasteiger partial charge in [0.2, 0.25) is 0 Å². The summed E-state index contributed by atoms with van der Waals surface area (Å²) in [5, 5.41) is 5.92. The van der Waals surface area contributed by atoms with E-state index in [9.17, 15) is 9.59 Å². The molecule has 33 heavy (non-hydrogen) atoms. The van der Waals surface area contributed by atoms with Gasteiger partial charge in [0.05, 0.1) is 5.57 Å². The van der Waals surface area contributed by atoms with E-state index in [-0.39, 0.29) is 11.8 Å². The van der Waals surface area contributed by atoms with Crippen LogP contribution in [0, 0.1) is 0 Å². The van der Waals surface area contributed by atoms with Gasteiger partial charge in [-0.2, -0.15) is 0 Å². The van der Waals surface area contributed by atoms with Gasteiger partial charge in [-0.25, -0.2) is 0 Å². The van der Waals surface area contributed by atoms with Crippen molar-refractivity contribution in [2.45, 2.75) is 19.8 Å². The second kappa shape index (κ2) is 9.08. The van der Waals surface area contributed by atoms with E-state index in [2.05, 4.69) is 15.5 Å². The third kappa shape index (κ3) is 4.34. The van der Waals surface area contributed by atoms with Crippen molar-refractivity contribution >= 4 is 28.6 Å². The van der Waals surface area contributed by atoms with Gasteiger partial charge in [-0.05, 0) is 63.2 Å². The first-order valence-corrected chi connectivity index (χ1v) is 11.4. The van der Waals surface area contributed by atoms with Crippen molar-refractivity contribution in [2.75, 3.05) is 31.5 Å². The molecule has 0 atom stereocenters. The largest absolute Gasteiger partial charge is 0.456 e. The summed E-state index contributed by atoms with van der Waals surface area (Å²) < 4.78 is 6.11. The highest BCUT2D eigenvalue weighted by molar-refractivity contribution is 6.36. The van der Waals surface area contributed by atoms with E-state index in [1.807, 2.05) is 67.6 Å². The van der Waals surface area contributed by atoms with Gasteiger partial charge in [0, 0.05) is 41.0 Å². The topological polar surface area (TPSA) is 74.6 Å². The number of hydrogen-bond acceptors (Lipinski definition) is 4. The van der Waals surface area contributed by atoms with Gasteiger partial charge in [0.15, 0.2) is 0 Å². The van der Waals surface area contributed by atoms with E-state index < -0.39 is 0 Å². The molecule has 2 aliphatic heterocycles. The molecule has 1 aromatic heterocycles. The number of furan rings is 1. The van der Waals surface area contributed by atoms with Crippen LogP contribution in [0.4, 0.5) is 5.69 Å². The molecule has 0 unspecified atom stereocenters. The quantitative estimate of drug-likeness (QED) is 0.546. The lowest BCUT2D eigenvalue weighted by Gasteiger charge is -2.14. The predicted octanol–water partition coefficient (Wildman–Crippen LogP) is 4.66. The maximum Gasteiger partial charge on any atom is 0.256 e. The molecule has 168 valence electrons. The van der Waals surface area contributed by atoms with E-state index in [1.165, 1.54) is 12.8 Å². The first-order chi connectivity index (χ1) is 16.1. The zero-order chi connectivity index (χ0) is 22.8. The van der Waals surface area contributed by atoms with Crippen LogP contribution in [-0.2, 0) is 4.79 Å². The minimum absolute atomic E-state index is 0.0830. The van der Waals surface area contributed by atoms with E-state index in [4.69, 9.17) is 4.42 Å². The molecule has 6 nitrogen and oxygen atoms in total. The lowest BCUT2D eigenvalue weighted by Crippen LogP contribution is -2.33. The maximum absolute atomic E-state index is 12.6. The highest BCUT2D eigenvalue weighted by atomic mass is 16.3. The summed E-state index contributed by atoms with van der Waals surface area (Å²) in [5.41, 5.74) is 4.52. The second-order valence-electron chi connectivity index (χ2n) is 8.55. The van der Waals surface area contributed by atoms with Crippen LogP contribution >= 0.6 is 0 Å². The Kier molecular flexibility index (Phi) is 5.84. The van der Waals surface area contributed by atoms with Gasteiger partial charge < -0.3 is 20.0 Å². The average Bonchev–Trinajstić information content (AvgIpc) is 3.58. The van der Waals surface area contributed by atoms with Crippen LogP contribution in [-0.4, -0.2) is 42.9 Å². The van der Waals surface area contributed by atoms with Crippen LogP contribution in [0.15, 0.2) is 65.1 Å². The summed E-state index contributed by atoms with van der Waals surface area (Å²) in [5.74, 6) is 1.08. The van der Waals surface area contributed by atoms with Crippen LogP contribution in [0.1, 0.15) is 41.4 Å². The number of likely N-dealkylation sites (tertiary alicyclic amines) is 1. The van der Waals surface area contributed by atoms with Gasteiger partial charge in [-0.3, -0.25) is 9.59 Å². The number of anilines is 1. The monoisotopic (exact) mass is 441 g/mol. The Morgan fingerprint density at radius 1 is 1.06 bits per heavy atom. The molecule has 5 rings (SSSR count). The van der Waals surface area contributed by atoms with Crippen molar-refractivity contribution in [2.24, 2.45) is 0 Å². The molecule has 0 saturated carbocycles. The SMILES string of the molecule is C/C(=C1\C(=O)Nc2ccccc21)c1ccc(-c2cccc(C(=O)NCCN3CCCC3)c2)o1. The Hall–Kier alpha value is -3.64. The fourth-order valence-electron chi connectivity index (χ4n) is 4.56. The molecule has 3 aromatic rings. The first-order valence-electron chi connectivity index (χ1n) is 11.4. The highest BCUT2D eigenvalue weighted by Crippen LogP contribution is 2.37. The van der Waals surface area contributed by atoms with Crippen LogP contribution in [0.25, 0.3) is 22.5 Å². The number of hydrogen-bond donors (Lipinski definition) is 2. The summed E-state index contributed by atoms with van der Waals surface area (Å²) in [6.45, 7) is 5.66. The summed E-state index contributed by atoms with van der Waals surface area (Å²) in [4.78, 5) is 27.6. The number of fused-ring (bicyclic) bond motifs is 1. The number of allylic oxidation sites excluding steroid dienone is 1. The Morgan fingerprint density at radius 3 is 2.73 bits per heavy atom. The summed E-state index contributed by atoms with van der Waals surface area (Å²) in [6, 6.07) is 18.8. The standard InChI is InChI=1S/C27H27N3O3/c1-18(25-21-9-2-3-10-22(21)29-27(25)32)23-11-12-24(33-23)19-7-6-8-20(17-19)26(31)28-13-16-30-14-4-5-15-30/h2-3,6-12,17H,4-5,13-16H2,1H3,(H,28,31)(H,29,32)/b25-18+. The maximum atomic E-state index is 12.6. The van der Waals surface area contributed by atoms with Gasteiger partial charge >= 0.3 is 0 Å². The third-order valence-corrected chi connectivity index (χ3v) is 6.34. The summed E-state index contributed by atoms with van der Waals surface area (Å²) in [6.07, 6.45) is 2.49. The molecule has 2 amide bonds. The molecule has 2 aliphatic rings. The molecule has 0 radical (unpaired) electrons. The van der Waals surface area contributed by atoms with Gasteiger partial charge in [-0.15, -0.1) is 0 Å². The van der Waals surface area contributed by atoms with E-state index >= 15 is 0 Å². The molecule has 3 heterocycles. The Morgan fingerprint density at radius 2 is 1.88 bits per heavy atom.